The number of furan rings is 1. The minimum atomic E-state index is -0.0979. The van der Waals surface area contributed by atoms with Crippen LogP contribution in [-0.4, -0.2) is 41.9 Å². The lowest BCUT2D eigenvalue weighted by Gasteiger charge is -2.24. The van der Waals surface area contributed by atoms with Crippen molar-refractivity contribution < 1.29 is 18.7 Å². The van der Waals surface area contributed by atoms with Crippen LogP contribution in [0, 0.1) is 0 Å². The van der Waals surface area contributed by atoms with Gasteiger partial charge < -0.3 is 19.4 Å². The molecular formula is C20H24N2O4. The quantitative estimate of drug-likeness (QED) is 0.863. The van der Waals surface area contributed by atoms with E-state index in [0.717, 1.165) is 19.4 Å². The maximum absolute atomic E-state index is 12.5. The SMILES string of the molecule is CC(C)NC(=O)c1ccc(OCC2CCCN2C(=O)c2ccoc2)cc1. The number of hydrogen-bond acceptors (Lipinski definition) is 4. The molecule has 1 saturated heterocycles. The van der Waals surface area contributed by atoms with Gasteiger partial charge in [-0.05, 0) is 57.0 Å². The third-order valence-electron chi connectivity index (χ3n) is 4.38. The molecule has 0 bridgehead atoms. The van der Waals surface area contributed by atoms with Gasteiger partial charge in [-0.15, -0.1) is 0 Å². The normalized spacial score (nSPS) is 16.7. The molecule has 26 heavy (non-hydrogen) atoms. The van der Waals surface area contributed by atoms with E-state index in [0.29, 0.717) is 23.5 Å². The molecule has 138 valence electrons. The molecule has 2 heterocycles. The Morgan fingerprint density at radius 1 is 1.23 bits per heavy atom. The maximum Gasteiger partial charge on any atom is 0.257 e. The number of carbonyl (C=O) groups is 2. The van der Waals surface area contributed by atoms with Crippen LogP contribution in [0.3, 0.4) is 0 Å². The van der Waals surface area contributed by atoms with Gasteiger partial charge in [-0.25, -0.2) is 0 Å². The van der Waals surface area contributed by atoms with Crippen molar-refractivity contribution >= 4 is 11.8 Å². The zero-order valence-corrected chi connectivity index (χ0v) is 15.1. The molecule has 1 aromatic carbocycles. The van der Waals surface area contributed by atoms with Crippen LogP contribution in [0.4, 0.5) is 0 Å². The molecule has 0 radical (unpaired) electrons. The first kappa shape index (κ1) is 18.0. The van der Waals surface area contributed by atoms with Crippen molar-refractivity contribution in [2.24, 2.45) is 0 Å². The second-order valence-corrected chi connectivity index (χ2v) is 6.77. The lowest BCUT2D eigenvalue weighted by Crippen LogP contribution is -2.38. The van der Waals surface area contributed by atoms with Crippen molar-refractivity contribution in [3.8, 4) is 5.75 Å². The average Bonchev–Trinajstić information content (AvgIpc) is 3.31. The van der Waals surface area contributed by atoms with Crippen molar-refractivity contribution in [1.29, 1.82) is 0 Å². The van der Waals surface area contributed by atoms with Crippen LogP contribution in [0.2, 0.25) is 0 Å². The van der Waals surface area contributed by atoms with Crippen LogP contribution >= 0.6 is 0 Å². The van der Waals surface area contributed by atoms with Crippen LogP contribution in [0.5, 0.6) is 5.75 Å². The van der Waals surface area contributed by atoms with E-state index in [2.05, 4.69) is 5.32 Å². The number of nitrogens with zero attached hydrogens (tertiary/aromatic N) is 1. The molecule has 1 aliphatic heterocycles. The highest BCUT2D eigenvalue weighted by Gasteiger charge is 2.30. The summed E-state index contributed by atoms with van der Waals surface area (Å²) in [4.78, 5) is 26.3. The van der Waals surface area contributed by atoms with Gasteiger partial charge in [0.15, 0.2) is 0 Å². The highest BCUT2D eigenvalue weighted by atomic mass is 16.5. The van der Waals surface area contributed by atoms with E-state index < -0.39 is 0 Å². The van der Waals surface area contributed by atoms with E-state index >= 15 is 0 Å². The Balaban J connectivity index is 1.56. The number of amides is 2. The molecule has 0 aliphatic carbocycles. The van der Waals surface area contributed by atoms with Gasteiger partial charge in [0.2, 0.25) is 0 Å². The third kappa shape index (κ3) is 4.25. The third-order valence-corrected chi connectivity index (χ3v) is 4.38. The first-order valence-corrected chi connectivity index (χ1v) is 8.91. The van der Waals surface area contributed by atoms with Crippen LogP contribution < -0.4 is 10.1 Å². The van der Waals surface area contributed by atoms with Crippen molar-refractivity contribution in [3.05, 3.63) is 54.0 Å². The fourth-order valence-corrected chi connectivity index (χ4v) is 3.07. The van der Waals surface area contributed by atoms with Crippen LogP contribution in [0.1, 0.15) is 47.4 Å². The van der Waals surface area contributed by atoms with Crippen molar-refractivity contribution in [2.75, 3.05) is 13.2 Å². The summed E-state index contributed by atoms with van der Waals surface area (Å²) in [6.07, 6.45) is 4.86. The van der Waals surface area contributed by atoms with Gasteiger partial charge in [0.1, 0.15) is 18.6 Å². The molecule has 1 atom stereocenters. The first-order chi connectivity index (χ1) is 12.5. The Morgan fingerprint density at radius 2 is 2.00 bits per heavy atom. The molecule has 6 nitrogen and oxygen atoms in total. The fourth-order valence-electron chi connectivity index (χ4n) is 3.07. The fraction of sp³-hybridized carbons (Fsp3) is 0.400. The average molecular weight is 356 g/mol. The molecule has 2 aromatic rings. The standard InChI is InChI=1S/C20H24N2O4/c1-14(2)21-19(23)15-5-7-18(8-6-15)26-13-17-4-3-10-22(17)20(24)16-9-11-25-12-16/h5-9,11-12,14,17H,3-4,10,13H2,1-2H3,(H,21,23). The summed E-state index contributed by atoms with van der Waals surface area (Å²) >= 11 is 0. The van der Waals surface area contributed by atoms with Crippen LogP contribution in [0.25, 0.3) is 0 Å². The first-order valence-electron chi connectivity index (χ1n) is 8.91. The number of carbonyl (C=O) groups excluding carboxylic acids is 2. The Morgan fingerprint density at radius 3 is 2.65 bits per heavy atom. The molecule has 0 spiro atoms. The molecule has 2 amide bonds. The molecule has 1 aromatic heterocycles. The van der Waals surface area contributed by atoms with Crippen molar-refractivity contribution in [2.45, 2.75) is 38.8 Å². The summed E-state index contributed by atoms with van der Waals surface area (Å²) in [6.45, 7) is 5.01. The number of benzene rings is 1. The number of nitrogens with one attached hydrogen (secondary N) is 1. The number of hydrogen-bond donors (Lipinski definition) is 1. The maximum atomic E-state index is 12.5. The van der Waals surface area contributed by atoms with Gasteiger partial charge in [0, 0.05) is 18.2 Å². The van der Waals surface area contributed by atoms with E-state index in [9.17, 15) is 9.59 Å². The summed E-state index contributed by atoms with van der Waals surface area (Å²) in [5, 5.41) is 2.86. The van der Waals surface area contributed by atoms with E-state index in [-0.39, 0.29) is 23.9 Å². The Labute approximate surface area is 153 Å². The largest absolute Gasteiger partial charge is 0.491 e. The summed E-state index contributed by atoms with van der Waals surface area (Å²) in [5.41, 5.74) is 1.17. The number of likely N-dealkylation sites (tertiary alicyclic amines) is 1. The Bertz CT molecular complexity index is 738. The molecule has 6 heteroatoms. The molecule has 1 fully saturated rings. The van der Waals surface area contributed by atoms with Crippen LogP contribution in [-0.2, 0) is 0 Å². The Kier molecular flexibility index (Phi) is 5.61. The minimum absolute atomic E-state index is 0.0226. The number of ether oxygens (including phenoxy) is 1. The Hall–Kier alpha value is -2.76. The van der Waals surface area contributed by atoms with E-state index in [1.54, 1.807) is 30.3 Å². The molecule has 1 aliphatic rings. The van der Waals surface area contributed by atoms with Crippen molar-refractivity contribution in [3.63, 3.8) is 0 Å². The predicted molar refractivity (Wildman–Crippen MR) is 97.3 cm³/mol. The lowest BCUT2D eigenvalue weighted by molar-refractivity contribution is 0.0690. The van der Waals surface area contributed by atoms with E-state index in [1.807, 2.05) is 18.7 Å². The van der Waals surface area contributed by atoms with Gasteiger partial charge in [0.05, 0.1) is 17.9 Å². The lowest BCUT2D eigenvalue weighted by atomic mass is 10.2. The predicted octanol–water partition coefficient (Wildman–Crippen LogP) is 3.10. The van der Waals surface area contributed by atoms with Crippen molar-refractivity contribution in [1.82, 2.24) is 10.2 Å². The monoisotopic (exact) mass is 356 g/mol. The van der Waals surface area contributed by atoms with Gasteiger partial charge in [-0.2, -0.15) is 0 Å². The molecular weight excluding hydrogens is 332 g/mol. The second-order valence-electron chi connectivity index (χ2n) is 6.77. The van der Waals surface area contributed by atoms with Crippen LogP contribution in [0.15, 0.2) is 47.3 Å². The zero-order valence-electron chi connectivity index (χ0n) is 15.1. The summed E-state index contributed by atoms with van der Waals surface area (Å²) in [6, 6.07) is 8.88. The van der Waals surface area contributed by atoms with Gasteiger partial charge >= 0.3 is 0 Å². The van der Waals surface area contributed by atoms with Gasteiger partial charge in [-0.3, -0.25) is 9.59 Å². The zero-order chi connectivity index (χ0) is 18.5. The molecule has 3 rings (SSSR count). The smallest absolute Gasteiger partial charge is 0.257 e. The molecule has 1 unspecified atom stereocenters. The highest BCUT2D eigenvalue weighted by Crippen LogP contribution is 2.22. The minimum Gasteiger partial charge on any atom is -0.491 e. The van der Waals surface area contributed by atoms with E-state index in [4.69, 9.17) is 9.15 Å². The second kappa shape index (κ2) is 8.08. The summed E-state index contributed by atoms with van der Waals surface area (Å²) in [5.74, 6) is 0.568. The number of rotatable bonds is 6. The summed E-state index contributed by atoms with van der Waals surface area (Å²) in [7, 11) is 0. The van der Waals surface area contributed by atoms with E-state index in [1.165, 1.54) is 12.5 Å². The summed E-state index contributed by atoms with van der Waals surface area (Å²) < 4.78 is 10.9. The van der Waals surface area contributed by atoms with Gasteiger partial charge in [-0.1, -0.05) is 0 Å². The van der Waals surface area contributed by atoms with Gasteiger partial charge in [0.25, 0.3) is 11.8 Å². The molecule has 0 saturated carbocycles. The topological polar surface area (TPSA) is 71.8 Å². The molecule has 1 N–H and O–H groups in total. The highest BCUT2D eigenvalue weighted by molar-refractivity contribution is 5.94.